The lowest BCUT2D eigenvalue weighted by Crippen LogP contribution is -2.18. The number of sulfonamides is 1. The Morgan fingerprint density at radius 2 is 2.15 bits per heavy atom. The molecule has 4 N–H and O–H groups in total. The third-order valence-electron chi connectivity index (χ3n) is 2.44. The molecule has 0 radical (unpaired) electrons. The number of ether oxygens (including phenoxy) is 1. The van der Waals surface area contributed by atoms with E-state index in [1.165, 1.54) is 30.5 Å². The Balaban J connectivity index is 2.48. The minimum Gasteiger partial charge on any atom is -0.465 e. The number of aromatic amines is 1. The highest BCUT2D eigenvalue weighted by Crippen LogP contribution is 2.21. The smallest absolute Gasteiger partial charge is 0.339 e. The van der Waals surface area contributed by atoms with Crippen LogP contribution in [-0.4, -0.2) is 31.7 Å². The molecule has 0 spiro atoms. The SMILES string of the molecule is COC(=O)c1cc(N)ccc1S(=O)(=O)Nc1ccn[nH]1. The van der Waals surface area contributed by atoms with Crippen LogP contribution in [-0.2, 0) is 14.8 Å². The fourth-order valence-electron chi connectivity index (χ4n) is 1.56. The van der Waals surface area contributed by atoms with Crippen molar-refractivity contribution in [3.8, 4) is 0 Å². The fraction of sp³-hybridized carbons (Fsp3) is 0.0909. The zero-order valence-electron chi connectivity index (χ0n) is 10.5. The number of nitrogen functional groups attached to an aromatic ring is 1. The third-order valence-corrected chi connectivity index (χ3v) is 3.87. The van der Waals surface area contributed by atoms with Crippen LogP contribution >= 0.6 is 0 Å². The van der Waals surface area contributed by atoms with Crippen LogP contribution in [0.1, 0.15) is 10.4 Å². The van der Waals surface area contributed by atoms with Crippen molar-refractivity contribution in [2.24, 2.45) is 0 Å². The van der Waals surface area contributed by atoms with E-state index in [-0.39, 0.29) is 22.0 Å². The van der Waals surface area contributed by atoms with Gasteiger partial charge >= 0.3 is 5.97 Å². The summed E-state index contributed by atoms with van der Waals surface area (Å²) in [5, 5.41) is 6.08. The second-order valence-electron chi connectivity index (χ2n) is 3.82. The Morgan fingerprint density at radius 3 is 2.75 bits per heavy atom. The van der Waals surface area contributed by atoms with E-state index in [0.29, 0.717) is 0 Å². The number of nitrogens with two attached hydrogens (primary N) is 1. The van der Waals surface area contributed by atoms with E-state index in [1.54, 1.807) is 0 Å². The van der Waals surface area contributed by atoms with Crippen molar-refractivity contribution in [1.29, 1.82) is 0 Å². The molecule has 0 aliphatic carbocycles. The summed E-state index contributed by atoms with van der Waals surface area (Å²) in [5.41, 5.74) is 5.68. The molecule has 0 atom stereocenters. The van der Waals surface area contributed by atoms with Crippen molar-refractivity contribution in [2.45, 2.75) is 4.90 Å². The summed E-state index contributed by atoms with van der Waals surface area (Å²) in [6.07, 6.45) is 1.39. The fourth-order valence-corrected chi connectivity index (χ4v) is 2.76. The van der Waals surface area contributed by atoms with Gasteiger partial charge in [-0.2, -0.15) is 5.10 Å². The van der Waals surface area contributed by atoms with Crippen LogP contribution in [0.15, 0.2) is 35.4 Å². The van der Waals surface area contributed by atoms with E-state index in [4.69, 9.17) is 5.73 Å². The molecule has 0 aliphatic heterocycles. The molecule has 0 unspecified atom stereocenters. The largest absolute Gasteiger partial charge is 0.465 e. The molecule has 0 saturated heterocycles. The Hall–Kier alpha value is -2.55. The summed E-state index contributed by atoms with van der Waals surface area (Å²) in [5.74, 6) is -0.611. The maximum Gasteiger partial charge on any atom is 0.339 e. The second kappa shape index (κ2) is 5.21. The number of aromatic nitrogens is 2. The van der Waals surface area contributed by atoms with Crippen LogP contribution in [0.5, 0.6) is 0 Å². The van der Waals surface area contributed by atoms with Gasteiger partial charge in [0.2, 0.25) is 0 Å². The van der Waals surface area contributed by atoms with Gasteiger partial charge in [-0.25, -0.2) is 13.2 Å². The minimum absolute atomic E-state index is 0.139. The molecule has 0 fully saturated rings. The van der Waals surface area contributed by atoms with Crippen molar-refractivity contribution in [3.05, 3.63) is 36.0 Å². The number of hydrogen-bond acceptors (Lipinski definition) is 6. The summed E-state index contributed by atoms with van der Waals surface area (Å²) in [7, 11) is -2.81. The lowest BCUT2D eigenvalue weighted by molar-refractivity contribution is 0.0596. The number of rotatable bonds is 4. The van der Waals surface area contributed by atoms with Crippen molar-refractivity contribution >= 4 is 27.5 Å². The van der Waals surface area contributed by atoms with Gasteiger partial charge in [-0.15, -0.1) is 0 Å². The zero-order valence-corrected chi connectivity index (χ0v) is 11.3. The molecule has 20 heavy (non-hydrogen) atoms. The van der Waals surface area contributed by atoms with E-state index in [2.05, 4.69) is 19.7 Å². The molecule has 0 amide bonds. The van der Waals surface area contributed by atoms with E-state index in [9.17, 15) is 13.2 Å². The quantitative estimate of drug-likeness (QED) is 0.559. The highest BCUT2D eigenvalue weighted by atomic mass is 32.2. The highest BCUT2D eigenvalue weighted by Gasteiger charge is 2.23. The molecule has 1 aromatic heterocycles. The first-order valence-corrected chi connectivity index (χ1v) is 6.92. The van der Waals surface area contributed by atoms with Crippen LogP contribution in [0.3, 0.4) is 0 Å². The Bertz CT molecular complexity index is 725. The van der Waals surface area contributed by atoms with Crippen LogP contribution in [0.4, 0.5) is 11.5 Å². The van der Waals surface area contributed by atoms with Gasteiger partial charge in [0.25, 0.3) is 10.0 Å². The van der Waals surface area contributed by atoms with Gasteiger partial charge in [-0.1, -0.05) is 0 Å². The number of esters is 1. The molecule has 2 rings (SSSR count). The first kappa shape index (κ1) is 13.9. The lowest BCUT2D eigenvalue weighted by Gasteiger charge is -2.10. The first-order valence-electron chi connectivity index (χ1n) is 5.44. The van der Waals surface area contributed by atoms with E-state index >= 15 is 0 Å². The molecule has 9 heteroatoms. The average molecular weight is 296 g/mol. The predicted molar refractivity (Wildman–Crippen MR) is 71.6 cm³/mol. The maximum atomic E-state index is 12.2. The first-order chi connectivity index (χ1) is 9.44. The molecule has 106 valence electrons. The molecule has 0 saturated carbocycles. The van der Waals surface area contributed by atoms with Crippen molar-refractivity contribution < 1.29 is 17.9 Å². The number of H-pyrrole nitrogens is 1. The number of methoxy groups -OCH3 is 1. The lowest BCUT2D eigenvalue weighted by atomic mass is 10.2. The maximum absolute atomic E-state index is 12.2. The highest BCUT2D eigenvalue weighted by molar-refractivity contribution is 7.92. The van der Waals surface area contributed by atoms with Gasteiger partial charge < -0.3 is 10.5 Å². The molecule has 0 bridgehead atoms. The standard InChI is InChI=1S/C11H12N4O4S/c1-19-11(16)8-6-7(12)2-3-9(8)20(17,18)15-10-4-5-13-14-10/h2-6H,12H2,1H3,(H2,13,14,15). The van der Waals surface area contributed by atoms with E-state index in [0.717, 1.165) is 7.11 Å². The molecule has 2 aromatic rings. The Morgan fingerprint density at radius 1 is 1.40 bits per heavy atom. The summed E-state index contributed by atoms with van der Waals surface area (Å²) >= 11 is 0. The molecular formula is C11H12N4O4S. The molecule has 8 nitrogen and oxygen atoms in total. The zero-order chi connectivity index (χ0) is 14.8. The normalized spacial score (nSPS) is 11.1. The van der Waals surface area contributed by atoms with Gasteiger partial charge in [0.1, 0.15) is 10.7 Å². The summed E-state index contributed by atoms with van der Waals surface area (Å²) < 4.78 is 31.3. The molecular weight excluding hydrogens is 284 g/mol. The number of anilines is 2. The Labute approximate surface area is 115 Å². The van der Waals surface area contributed by atoms with E-state index in [1.807, 2.05) is 0 Å². The van der Waals surface area contributed by atoms with Crippen molar-refractivity contribution in [3.63, 3.8) is 0 Å². The van der Waals surface area contributed by atoms with Crippen molar-refractivity contribution in [2.75, 3.05) is 17.6 Å². The third kappa shape index (κ3) is 2.72. The van der Waals surface area contributed by atoms with Crippen LogP contribution in [0.25, 0.3) is 0 Å². The van der Waals surface area contributed by atoms with Crippen LogP contribution < -0.4 is 10.5 Å². The molecule has 1 heterocycles. The Kier molecular flexibility index (Phi) is 3.61. The molecule has 0 aliphatic rings. The van der Waals surface area contributed by atoms with Gasteiger partial charge in [-0.3, -0.25) is 9.82 Å². The second-order valence-corrected chi connectivity index (χ2v) is 5.47. The predicted octanol–water partition coefficient (Wildman–Crippen LogP) is 0.579. The topological polar surface area (TPSA) is 127 Å². The van der Waals surface area contributed by atoms with Crippen molar-refractivity contribution in [1.82, 2.24) is 10.2 Å². The number of nitrogens with one attached hydrogen (secondary N) is 2. The average Bonchev–Trinajstić information content (AvgIpc) is 2.89. The monoisotopic (exact) mass is 296 g/mol. The number of carbonyl (C=O) groups is 1. The van der Waals surface area contributed by atoms with Gasteiger partial charge in [0, 0.05) is 11.8 Å². The number of benzene rings is 1. The van der Waals surface area contributed by atoms with Crippen LogP contribution in [0.2, 0.25) is 0 Å². The number of carbonyl (C=O) groups excluding carboxylic acids is 1. The van der Waals surface area contributed by atoms with E-state index < -0.39 is 16.0 Å². The van der Waals surface area contributed by atoms with Gasteiger partial charge in [0.05, 0.1) is 18.9 Å². The number of nitrogens with zero attached hydrogens (tertiary/aromatic N) is 1. The minimum atomic E-state index is -3.96. The summed E-state index contributed by atoms with van der Waals surface area (Å²) in [6.45, 7) is 0. The van der Waals surface area contributed by atoms with Gasteiger partial charge in [0.15, 0.2) is 0 Å². The summed E-state index contributed by atoms with van der Waals surface area (Å²) in [6, 6.07) is 5.30. The van der Waals surface area contributed by atoms with Gasteiger partial charge in [-0.05, 0) is 18.2 Å². The number of hydrogen-bond donors (Lipinski definition) is 3. The van der Waals surface area contributed by atoms with Crippen LogP contribution in [0, 0.1) is 0 Å². The summed E-state index contributed by atoms with van der Waals surface area (Å²) in [4.78, 5) is 11.4. The molecule has 1 aromatic carbocycles.